The van der Waals surface area contributed by atoms with Crippen LogP contribution in [0, 0.1) is 11.6 Å². The minimum atomic E-state index is -0.838. The van der Waals surface area contributed by atoms with Gasteiger partial charge in [0.05, 0.1) is 28.5 Å². The van der Waals surface area contributed by atoms with Gasteiger partial charge >= 0.3 is 0 Å². The van der Waals surface area contributed by atoms with E-state index in [0.717, 1.165) is 18.2 Å². The molecule has 5 aromatic rings. The van der Waals surface area contributed by atoms with Crippen LogP contribution in [-0.2, 0) is 6.54 Å². The number of nitrogens with one attached hydrogen (secondary N) is 2. The average molecular weight is 545 g/mol. The Labute approximate surface area is 226 Å². The fraction of sp³-hybridized carbons (Fsp3) is 0.0357. The maximum Gasteiger partial charge on any atom is 0.272 e. The molecule has 3 aromatic heterocycles. The second kappa shape index (κ2) is 11.2. The predicted octanol–water partition coefficient (Wildman–Crippen LogP) is 5.44. The molecule has 0 atom stereocenters. The largest absolute Gasteiger partial charge is 0.345 e. The Bertz CT molecular complexity index is 1660. The number of pyridine rings is 2. The van der Waals surface area contributed by atoms with Gasteiger partial charge in [0.1, 0.15) is 23.1 Å². The molecule has 0 saturated heterocycles. The number of hydrogen-bond donors (Lipinski definition) is 2. The normalized spacial score (nSPS) is 10.7. The summed E-state index contributed by atoms with van der Waals surface area (Å²) in [5.74, 6) is -2.65. The molecule has 0 bridgehead atoms. The van der Waals surface area contributed by atoms with E-state index in [-0.39, 0.29) is 39.9 Å². The number of aromatic nitrogens is 4. The lowest BCUT2D eigenvalue weighted by atomic mass is 10.1. The zero-order valence-corrected chi connectivity index (χ0v) is 20.9. The smallest absolute Gasteiger partial charge is 0.272 e. The van der Waals surface area contributed by atoms with Gasteiger partial charge in [0, 0.05) is 24.0 Å². The number of carbonyl (C=O) groups excluding carboxylic acids is 2. The number of para-hydroxylation sites is 1. The molecule has 39 heavy (non-hydrogen) atoms. The number of benzene rings is 2. The van der Waals surface area contributed by atoms with E-state index in [2.05, 4.69) is 25.7 Å². The van der Waals surface area contributed by atoms with Crippen molar-refractivity contribution in [1.29, 1.82) is 0 Å². The van der Waals surface area contributed by atoms with Crippen molar-refractivity contribution in [3.05, 3.63) is 125 Å². The zero-order chi connectivity index (χ0) is 27.4. The molecule has 0 saturated carbocycles. The topological polar surface area (TPSA) is 102 Å². The van der Waals surface area contributed by atoms with Crippen molar-refractivity contribution in [3.63, 3.8) is 0 Å². The summed E-state index contributed by atoms with van der Waals surface area (Å²) in [5, 5.41) is 9.60. The molecule has 5 rings (SSSR count). The molecule has 0 fully saturated rings. The second-order valence-corrected chi connectivity index (χ2v) is 8.67. The van der Waals surface area contributed by atoms with Gasteiger partial charge in [-0.05, 0) is 48.5 Å². The van der Waals surface area contributed by atoms with Crippen LogP contribution in [0.2, 0.25) is 5.02 Å². The zero-order valence-electron chi connectivity index (χ0n) is 20.1. The molecule has 0 radical (unpaired) electrons. The van der Waals surface area contributed by atoms with E-state index in [1.54, 1.807) is 48.7 Å². The maximum atomic E-state index is 14.7. The van der Waals surface area contributed by atoms with Gasteiger partial charge < -0.3 is 10.6 Å². The van der Waals surface area contributed by atoms with Crippen molar-refractivity contribution in [2.24, 2.45) is 0 Å². The summed E-state index contributed by atoms with van der Waals surface area (Å²) < 4.78 is 30.4. The third-order valence-corrected chi connectivity index (χ3v) is 5.97. The molecule has 0 aliphatic rings. The Hall–Kier alpha value is -4.96. The van der Waals surface area contributed by atoms with E-state index >= 15 is 0 Å². The summed E-state index contributed by atoms with van der Waals surface area (Å²) in [4.78, 5) is 34.2. The van der Waals surface area contributed by atoms with Crippen LogP contribution < -0.4 is 10.6 Å². The van der Waals surface area contributed by atoms with Crippen molar-refractivity contribution < 1.29 is 18.4 Å². The summed E-state index contributed by atoms with van der Waals surface area (Å²) in [6.07, 6.45) is 2.93. The van der Waals surface area contributed by atoms with Gasteiger partial charge in [-0.1, -0.05) is 35.9 Å². The molecule has 2 aromatic carbocycles. The summed E-state index contributed by atoms with van der Waals surface area (Å²) >= 11 is 6.19. The van der Waals surface area contributed by atoms with Crippen LogP contribution in [0.1, 0.15) is 26.5 Å². The molecular weight excluding hydrogens is 526 g/mol. The quantitative estimate of drug-likeness (QED) is 0.284. The maximum absolute atomic E-state index is 14.7. The highest BCUT2D eigenvalue weighted by Gasteiger charge is 2.22. The van der Waals surface area contributed by atoms with Crippen LogP contribution in [-0.4, -0.2) is 31.6 Å². The number of amides is 2. The lowest BCUT2D eigenvalue weighted by Crippen LogP contribution is -2.23. The molecule has 2 N–H and O–H groups in total. The standard InChI is InChI=1S/C28H19ClF2N6O2/c29-21-14-23(31)20(26-22(30)10-6-12-33-26)13-19(21)27(38)35-25-15-24(36-37(25)18-8-2-1-3-9-18)28(39)34-16-17-7-4-5-11-32-17/h1-15H,16H2,(H,34,39)(H,35,38). The number of hydrogen-bond acceptors (Lipinski definition) is 5. The monoisotopic (exact) mass is 544 g/mol. The van der Waals surface area contributed by atoms with Gasteiger partial charge in [0.15, 0.2) is 5.69 Å². The molecule has 194 valence electrons. The molecule has 2 amide bonds. The summed E-state index contributed by atoms with van der Waals surface area (Å²) in [6, 6.07) is 20.1. The van der Waals surface area contributed by atoms with Gasteiger partial charge in [-0.2, -0.15) is 5.10 Å². The van der Waals surface area contributed by atoms with Gasteiger partial charge in [0.2, 0.25) is 0 Å². The van der Waals surface area contributed by atoms with Gasteiger partial charge in [-0.15, -0.1) is 0 Å². The first-order valence-electron chi connectivity index (χ1n) is 11.7. The second-order valence-electron chi connectivity index (χ2n) is 8.27. The highest BCUT2D eigenvalue weighted by Crippen LogP contribution is 2.30. The first-order chi connectivity index (χ1) is 18.9. The lowest BCUT2D eigenvalue weighted by molar-refractivity contribution is 0.0944. The van der Waals surface area contributed by atoms with Crippen LogP contribution >= 0.6 is 11.6 Å². The van der Waals surface area contributed by atoms with Crippen LogP contribution in [0.4, 0.5) is 14.6 Å². The number of halogens is 3. The van der Waals surface area contributed by atoms with Gasteiger partial charge in [0.25, 0.3) is 11.8 Å². The van der Waals surface area contributed by atoms with E-state index in [1.807, 2.05) is 6.07 Å². The highest BCUT2D eigenvalue weighted by atomic mass is 35.5. The summed E-state index contributed by atoms with van der Waals surface area (Å²) in [7, 11) is 0. The first kappa shape index (κ1) is 25.7. The number of nitrogens with zero attached hydrogens (tertiary/aromatic N) is 4. The van der Waals surface area contributed by atoms with E-state index in [0.29, 0.717) is 11.4 Å². The molecule has 0 aliphatic carbocycles. The van der Waals surface area contributed by atoms with E-state index < -0.39 is 23.4 Å². The van der Waals surface area contributed by atoms with Gasteiger partial charge in [-0.3, -0.25) is 19.6 Å². The third-order valence-electron chi connectivity index (χ3n) is 5.66. The van der Waals surface area contributed by atoms with Gasteiger partial charge in [-0.25, -0.2) is 13.5 Å². The molecule has 0 spiro atoms. The van der Waals surface area contributed by atoms with Crippen LogP contribution in [0.3, 0.4) is 0 Å². The van der Waals surface area contributed by atoms with E-state index in [1.165, 1.54) is 23.0 Å². The molecular formula is C28H19ClF2N6O2. The number of carbonyl (C=O) groups is 2. The fourth-order valence-electron chi connectivity index (χ4n) is 3.78. The Morgan fingerprint density at radius 3 is 2.36 bits per heavy atom. The van der Waals surface area contributed by atoms with Crippen LogP contribution in [0.5, 0.6) is 0 Å². The van der Waals surface area contributed by atoms with Crippen LogP contribution in [0.15, 0.2) is 91.3 Å². The Morgan fingerprint density at radius 1 is 0.846 bits per heavy atom. The SMILES string of the molecule is O=C(NCc1ccccn1)c1cc(NC(=O)c2cc(-c3ncccc3F)c(F)cc2Cl)n(-c2ccccc2)n1. The van der Waals surface area contributed by atoms with Crippen molar-refractivity contribution in [2.45, 2.75) is 6.54 Å². The average Bonchev–Trinajstić information content (AvgIpc) is 3.37. The molecule has 3 heterocycles. The van der Waals surface area contributed by atoms with Crippen molar-refractivity contribution in [3.8, 4) is 16.9 Å². The van der Waals surface area contributed by atoms with Crippen molar-refractivity contribution >= 4 is 29.2 Å². The third kappa shape index (κ3) is 5.65. The Kier molecular flexibility index (Phi) is 7.37. The highest BCUT2D eigenvalue weighted by molar-refractivity contribution is 6.34. The Balaban J connectivity index is 1.46. The minimum Gasteiger partial charge on any atom is -0.345 e. The van der Waals surface area contributed by atoms with E-state index in [4.69, 9.17) is 11.6 Å². The fourth-order valence-corrected chi connectivity index (χ4v) is 4.02. The molecule has 11 heteroatoms. The first-order valence-corrected chi connectivity index (χ1v) is 12.0. The van der Waals surface area contributed by atoms with Crippen LogP contribution in [0.25, 0.3) is 16.9 Å². The Morgan fingerprint density at radius 2 is 1.62 bits per heavy atom. The minimum absolute atomic E-state index is 0.0338. The summed E-state index contributed by atoms with van der Waals surface area (Å²) in [6.45, 7) is 0.178. The number of anilines is 1. The molecule has 0 aliphatic heterocycles. The van der Waals surface area contributed by atoms with Crippen molar-refractivity contribution in [2.75, 3.05) is 5.32 Å². The molecule has 8 nitrogen and oxygen atoms in total. The van der Waals surface area contributed by atoms with Crippen molar-refractivity contribution in [1.82, 2.24) is 25.1 Å². The lowest BCUT2D eigenvalue weighted by Gasteiger charge is -2.11. The number of rotatable bonds is 7. The predicted molar refractivity (Wildman–Crippen MR) is 142 cm³/mol. The summed E-state index contributed by atoms with van der Waals surface area (Å²) in [5.41, 5.74) is 0.647. The molecule has 0 unspecified atom stereocenters. The van der Waals surface area contributed by atoms with E-state index in [9.17, 15) is 18.4 Å².